The van der Waals surface area contributed by atoms with Crippen molar-refractivity contribution in [1.29, 1.82) is 0 Å². The van der Waals surface area contributed by atoms with Crippen LogP contribution in [0.25, 0.3) is 0 Å². The van der Waals surface area contributed by atoms with E-state index in [1.54, 1.807) is 12.7 Å². The van der Waals surface area contributed by atoms with Crippen LogP contribution in [0.15, 0.2) is 12.7 Å². The lowest BCUT2D eigenvalue weighted by atomic mass is 9.50. The third-order valence-corrected chi connectivity index (χ3v) is 6.45. The van der Waals surface area contributed by atoms with Gasteiger partial charge in [-0.1, -0.05) is 0 Å². The Kier molecular flexibility index (Phi) is 3.29. The first-order chi connectivity index (χ1) is 12.0. The Bertz CT molecular complexity index is 737. The number of rotatable bonds is 5. The first-order valence-corrected chi connectivity index (χ1v) is 9.41. The van der Waals surface area contributed by atoms with E-state index in [0.29, 0.717) is 6.04 Å². The van der Waals surface area contributed by atoms with Gasteiger partial charge in [0.1, 0.15) is 12.7 Å². The van der Waals surface area contributed by atoms with Crippen molar-refractivity contribution < 1.29 is 0 Å². The molecule has 0 aliphatic heterocycles. The van der Waals surface area contributed by atoms with Crippen LogP contribution in [0.3, 0.4) is 0 Å². The Morgan fingerprint density at radius 3 is 2.72 bits per heavy atom. The van der Waals surface area contributed by atoms with Crippen molar-refractivity contribution in [3.63, 3.8) is 0 Å². The zero-order chi connectivity index (χ0) is 17.1. The van der Waals surface area contributed by atoms with Crippen molar-refractivity contribution in [3.8, 4) is 0 Å². The van der Waals surface area contributed by atoms with Gasteiger partial charge in [0, 0.05) is 11.6 Å². The Balaban J connectivity index is 1.40. The molecule has 134 valence electrons. The van der Waals surface area contributed by atoms with E-state index >= 15 is 0 Å². The SMILES string of the molecule is Cc1nnn(C23C[C@H]4C[C@@H](CC(N[C@H](C)Cn5cncn5)(C4)C2)C3)n1. The molecule has 4 bridgehead atoms. The molecule has 3 atom stereocenters. The summed E-state index contributed by atoms with van der Waals surface area (Å²) in [4.78, 5) is 6.01. The standard InChI is InChI=1S/C17H26N8/c1-12(8-24-11-18-10-19-24)20-16-4-14-3-15(5-16)7-17(6-14,9-16)25-22-13(2)21-23-25/h10-12,14-15,20H,3-9H2,1-2H3/t12-,14+,15+,16?,17?/m1/s1. The van der Waals surface area contributed by atoms with E-state index in [-0.39, 0.29) is 11.1 Å². The predicted octanol–water partition coefficient (Wildman–Crippen LogP) is 1.30. The summed E-state index contributed by atoms with van der Waals surface area (Å²) >= 11 is 0. The Morgan fingerprint density at radius 2 is 2.08 bits per heavy atom. The Morgan fingerprint density at radius 1 is 1.28 bits per heavy atom. The minimum absolute atomic E-state index is 0.0608. The topological polar surface area (TPSA) is 86.3 Å². The van der Waals surface area contributed by atoms with Crippen molar-refractivity contribution in [2.24, 2.45) is 11.8 Å². The van der Waals surface area contributed by atoms with Crippen molar-refractivity contribution in [3.05, 3.63) is 18.5 Å². The maximum absolute atomic E-state index is 4.62. The third kappa shape index (κ3) is 2.58. The minimum Gasteiger partial charge on any atom is -0.307 e. The first-order valence-electron chi connectivity index (χ1n) is 9.41. The zero-order valence-electron chi connectivity index (χ0n) is 15.0. The molecule has 0 spiro atoms. The highest BCUT2D eigenvalue weighted by Crippen LogP contribution is 2.60. The second kappa shape index (κ2) is 5.33. The molecule has 2 aromatic rings. The summed E-state index contributed by atoms with van der Waals surface area (Å²) in [6.45, 7) is 5.04. The largest absolute Gasteiger partial charge is 0.307 e. The molecule has 0 aromatic carbocycles. The summed E-state index contributed by atoms with van der Waals surface area (Å²) in [6.07, 6.45) is 10.9. The summed E-state index contributed by atoms with van der Waals surface area (Å²) in [5.74, 6) is 2.33. The molecule has 4 fully saturated rings. The average Bonchev–Trinajstić information content (AvgIpc) is 3.17. The highest BCUT2D eigenvalue weighted by Gasteiger charge is 2.59. The van der Waals surface area contributed by atoms with E-state index < -0.39 is 0 Å². The zero-order valence-corrected chi connectivity index (χ0v) is 15.0. The van der Waals surface area contributed by atoms with Gasteiger partial charge >= 0.3 is 0 Å². The van der Waals surface area contributed by atoms with Crippen LogP contribution < -0.4 is 5.32 Å². The molecule has 25 heavy (non-hydrogen) atoms. The van der Waals surface area contributed by atoms with Crippen molar-refractivity contribution >= 4 is 0 Å². The molecule has 2 aromatic heterocycles. The number of nitrogens with zero attached hydrogens (tertiary/aromatic N) is 7. The molecule has 0 amide bonds. The van der Waals surface area contributed by atoms with E-state index in [1.165, 1.54) is 32.1 Å². The van der Waals surface area contributed by atoms with Gasteiger partial charge in [-0.3, -0.25) is 4.68 Å². The van der Waals surface area contributed by atoms with Gasteiger partial charge in [-0.25, -0.2) is 4.98 Å². The number of nitrogens with one attached hydrogen (secondary N) is 1. The van der Waals surface area contributed by atoms with Gasteiger partial charge < -0.3 is 5.32 Å². The molecule has 8 nitrogen and oxygen atoms in total. The Labute approximate surface area is 147 Å². The quantitative estimate of drug-likeness (QED) is 0.881. The van der Waals surface area contributed by atoms with Crippen LogP contribution >= 0.6 is 0 Å². The molecule has 0 unspecified atom stereocenters. The van der Waals surface area contributed by atoms with Gasteiger partial charge in [-0.2, -0.15) is 9.90 Å². The second-order valence-electron chi connectivity index (χ2n) is 8.75. The fourth-order valence-electron chi connectivity index (χ4n) is 6.28. The lowest BCUT2D eigenvalue weighted by Gasteiger charge is -2.62. The van der Waals surface area contributed by atoms with E-state index in [1.807, 2.05) is 16.4 Å². The van der Waals surface area contributed by atoms with Gasteiger partial charge in [-0.05, 0) is 69.4 Å². The maximum Gasteiger partial charge on any atom is 0.171 e. The van der Waals surface area contributed by atoms with E-state index in [9.17, 15) is 0 Å². The van der Waals surface area contributed by atoms with Crippen LogP contribution in [0.5, 0.6) is 0 Å². The molecular weight excluding hydrogens is 316 g/mol. The van der Waals surface area contributed by atoms with Crippen LogP contribution in [0.2, 0.25) is 0 Å². The van der Waals surface area contributed by atoms with Crippen LogP contribution in [0.1, 0.15) is 51.3 Å². The van der Waals surface area contributed by atoms with Gasteiger partial charge in [0.15, 0.2) is 5.82 Å². The highest BCUT2D eigenvalue weighted by atomic mass is 15.6. The number of aryl methyl sites for hydroxylation is 1. The summed E-state index contributed by atoms with van der Waals surface area (Å²) in [7, 11) is 0. The molecular formula is C17H26N8. The number of hydrogen-bond donors (Lipinski definition) is 1. The van der Waals surface area contributed by atoms with Crippen LogP contribution in [0, 0.1) is 18.8 Å². The number of aromatic nitrogens is 7. The highest BCUT2D eigenvalue weighted by molar-refractivity contribution is 5.13. The van der Waals surface area contributed by atoms with Crippen molar-refractivity contribution in [2.45, 2.75) is 76.0 Å². The van der Waals surface area contributed by atoms with Gasteiger partial charge in [0.25, 0.3) is 0 Å². The van der Waals surface area contributed by atoms with Gasteiger partial charge in [-0.15, -0.1) is 10.2 Å². The normalized spacial score (nSPS) is 37.5. The molecule has 4 aliphatic carbocycles. The summed E-state index contributed by atoms with van der Waals surface area (Å²) in [5, 5.41) is 21.4. The molecule has 0 radical (unpaired) electrons. The average molecular weight is 342 g/mol. The monoisotopic (exact) mass is 342 g/mol. The fourth-order valence-corrected chi connectivity index (χ4v) is 6.28. The fraction of sp³-hybridized carbons (Fsp3) is 0.824. The summed E-state index contributed by atoms with van der Waals surface area (Å²) in [5.41, 5.74) is 0.261. The van der Waals surface area contributed by atoms with E-state index in [0.717, 1.165) is 30.6 Å². The molecule has 1 N–H and O–H groups in total. The van der Waals surface area contributed by atoms with Gasteiger partial charge in [0.05, 0.1) is 12.1 Å². The molecule has 4 saturated carbocycles. The van der Waals surface area contributed by atoms with Crippen molar-refractivity contribution in [2.75, 3.05) is 0 Å². The maximum atomic E-state index is 4.62. The van der Waals surface area contributed by atoms with Crippen LogP contribution in [0.4, 0.5) is 0 Å². The number of tetrazole rings is 1. The predicted molar refractivity (Wildman–Crippen MR) is 90.6 cm³/mol. The van der Waals surface area contributed by atoms with Gasteiger partial charge in [0.2, 0.25) is 0 Å². The number of hydrogen-bond acceptors (Lipinski definition) is 6. The van der Waals surface area contributed by atoms with E-state index in [2.05, 4.69) is 37.7 Å². The molecule has 8 heteroatoms. The smallest absolute Gasteiger partial charge is 0.171 e. The first kappa shape index (κ1) is 15.4. The molecule has 6 rings (SSSR count). The van der Waals surface area contributed by atoms with Crippen LogP contribution in [-0.4, -0.2) is 46.6 Å². The minimum atomic E-state index is 0.0608. The molecule has 0 saturated heterocycles. The summed E-state index contributed by atoms with van der Waals surface area (Å²) < 4.78 is 1.91. The van der Waals surface area contributed by atoms with E-state index in [4.69, 9.17) is 0 Å². The lowest BCUT2D eigenvalue weighted by Crippen LogP contribution is -2.66. The lowest BCUT2D eigenvalue weighted by molar-refractivity contribution is -0.0882. The summed E-state index contributed by atoms with van der Waals surface area (Å²) in [6, 6.07) is 0.362. The second-order valence-corrected chi connectivity index (χ2v) is 8.75. The molecule has 2 heterocycles. The van der Waals surface area contributed by atoms with Crippen molar-refractivity contribution in [1.82, 2.24) is 40.3 Å². The Hall–Kier alpha value is -1.83. The molecule has 4 aliphatic rings. The third-order valence-electron chi connectivity index (χ3n) is 6.45. The van der Waals surface area contributed by atoms with Crippen LogP contribution in [-0.2, 0) is 12.1 Å².